The van der Waals surface area contributed by atoms with E-state index in [1.165, 1.54) is 61.0 Å². The van der Waals surface area contributed by atoms with Crippen molar-refractivity contribution in [3.63, 3.8) is 0 Å². The Morgan fingerprint density at radius 2 is 1.95 bits per heavy atom. The van der Waals surface area contributed by atoms with Crippen LogP contribution in [0.4, 0.5) is 0 Å². The summed E-state index contributed by atoms with van der Waals surface area (Å²) in [5.41, 5.74) is 4.96. The molecule has 3 rings (SSSR count). The molecule has 1 N–H and O–H groups in total. The molecule has 1 aliphatic rings. The van der Waals surface area contributed by atoms with Crippen molar-refractivity contribution in [2.24, 2.45) is 5.92 Å². The maximum atomic E-state index is 4.78. The van der Waals surface area contributed by atoms with Gasteiger partial charge >= 0.3 is 0 Å². The molecule has 2 aromatic rings. The molecular formula is C17H24N2. The molecule has 2 heteroatoms. The number of aryl methyl sites for hydroxylation is 3. The largest absolute Gasteiger partial charge is 0.342 e. The summed E-state index contributed by atoms with van der Waals surface area (Å²) in [6.07, 6.45) is 9.58. The van der Waals surface area contributed by atoms with Gasteiger partial charge in [-0.05, 0) is 43.4 Å². The minimum absolute atomic E-state index is 0.935. The van der Waals surface area contributed by atoms with Crippen LogP contribution in [-0.4, -0.2) is 9.97 Å². The van der Waals surface area contributed by atoms with E-state index in [0.29, 0.717) is 0 Å². The molecule has 0 aliphatic heterocycles. The van der Waals surface area contributed by atoms with Gasteiger partial charge in [0.1, 0.15) is 5.82 Å². The fourth-order valence-corrected chi connectivity index (χ4v) is 3.46. The molecule has 1 aromatic heterocycles. The van der Waals surface area contributed by atoms with Gasteiger partial charge in [0.2, 0.25) is 0 Å². The van der Waals surface area contributed by atoms with Gasteiger partial charge in [0.05, 0.1) is 11.0 Å². The molecule has 1 fully saturated rings. The number of imidazole rings is 1. The quantitative estimate of drug-likeness (QED) is 0.847. The summed E-state index contributed by atoms with van der Waals surface area (Å²) >= 11 is 0. The summed E-state index contributed by atoms with van der Waals surface area (Å²) in [5, 5.41) is 0. The molecule has 0 saturated heterocycles. The van der Waals surface area contributed by atoms with Crippen LogP contribution in [0.5, 0.6) is 0 Å². The van der Waals surface area contributed by atoms with Gasteiger partial charge in [-0.2, -0.15) is 0 Å². The lowest BCUT2D eigenvalue weighted by molar-refractivity contribution is 0.337. The second-order valence-corrected chi connectivity index (χ2v) is 6.20. The van der Waals surface area contributed by atoms with Crippen molar-refractivity contribution in [3.8, 4) is 0 Å². The minimum Gasteiger partial charge on any atom is -0.342 e. The first kappa shape index (κ1) is 12.7. The van der Waals surface area contributed by atoms with Crippen LogP contribution < -0.4 is 0 Å². The highest BCUT2D eigenvalue weighted by Crippen LogP contribution is 2.27. The van der Waals surface area contributed by atoms with E-state index >= 15 is 0 Å². The van der Waals surface area contributed by atoms with Gasteiger partial charge in [0.15, 0.2) is 0 Å². The van der Waals surface area contributed by atoms with Crippen LogP contribution in [0.15, 0.2) is 12.1 Å². The van der Waals surface area contributed by atoms with E-state index in [2.05, 4.69) is 31.0 Å². The highest BCUT2D eigenvalue weighted by Gasteiger charge is 2.14. The van der Waals surface area contributed by atoms with Gasteiger partial charge < -0.3 is 4.98 Å². The molecule has 1 aliphatic carbocycles. The number of rotatable bonds is 3. The van der Waals surface area contributed by atoms with Gasteiger partial charge in [-0.1, -0.05) is 38.2 Å². The van der Waals surface area contributed by atoms with E-state index in [-0.39, 0.29) is 0 Å². The van der Waals surface area contributed by atoms with E-state index in [1.54, 1.807) is 0 Å². The topological polar surface area (TPSA) is 28.7 Å². The molecule has 1 aromatic carbocycles. The molecule has 0 atom stereocenters. The molecule has 0 radical (unpaired) electrons. The van der Waals surface area contributed by atoms with Gasteiger partial charge in [0, 0.05) is 6.42 Å². The van der Waals surface area contributed by atoms with Gasteiger partial charge in [-0.25, -0.2) is 4.98 Å². The third-order valence-corrected chi connectivity index (χ3v) is 4.48. The van der Waals surface area contributed by atoms with Crippen molar-refractivity contribution < 1.29 is 0 Å². The van der Waals surface area contributed by atoms with E-state index in [9.17, 15) is 0 Å². The lowest BCUT2D eigenvalue weighted by Crippen LogP contribution is -2.07. The zero-order valence-corrected chi connectivity index (χ0v) is 12.1. The lowest BCUT2D eigenvalue weighted by atomic mass is 9.86. The van der Waals surface area contributed by atoms with Crippen molar-refractivity contribution >= 4 is 11.0 Å². The fourth-order valence-electron chi connectivity index (χ4n) is 3.46. The summed E-state index contributed by atoms with van der Waals surface area (Å²) in [6, 6.07) is 4.42. The lowest BCUT2D eigenvalue weighted by Gasteiger charge is -2.20. The Kier molecular flexibility index (Phi) is 3.58. The van der Waals surface area contributed by atoms with Crippen molar-refractivity contribution in [1.82, 2.24) is 9.97 Å². The predicted molar refractivity (Wildman–Crippen MR) is 80.5 cm³/mol. The molecular weight excluding hydrogens is 232 g/mol. The Hall–Kier alpha value is -1.31. The molecule has 19 heavy (non-hydrogen) atoms. The van der Waals surface area contributed by atoms with Crippen molar-refractivity contribution in [3.05, 3.63) is 29.1 Å². The number of aromatic nitrogens is 2. The van der Waals surface area contributed by atoms with Gasteiger partial charge in [0.25, 0.3) is 0 Å². The van der Waals surface area contributed by atoms with Crippen LogP contribution in [0, 0.1) is 19.8 Å². The summed E-state index contributed by atoms with van der Waals surface area (Å²) < 4.78 is 0. The molecule has 102 valence electrons. The van der Waals surface area contributed by atoms with E-state index in [0.717, 1.165) is 17.9 Å². The Morgan fingerprint density at radius 3 is 2.74 bits per heavy atom. The van der Waals surface area contributed by atoms with E-state index in [1.807, 2.05) is 0 Å². The number of hydrogen-bond donors (Lipinski definition) is 1. The average molecular weight is 256 g/mol. The van der Waals surface area contributed by atoms with E-state index < -0.39 is 0 Å². The van der Waals surface area contributed by atoms with Gasteiger partial charge in [-0.15, -0.1) is 0 Å². The third-order valence-electron chi connectivity index (χ3n) is 4.48. The van der Waals surface area contributed by atoms with Crippen molar-refractivity contribution in [2.75, 3.05) is 0 Å². The van der Waals surface area contributed by atoms with Crippen LogP contribution in [0.2, 0.25) is 0 Å². The Bertz CT molecular complexity index is 562. The van der Waals surface area contributed by atoms with Crippen LogP contribution >= 0.6 is 0 Å². The molecule has 1 saturated carbocycles. The summed E-state index contributed by atoms with van der Waals surface area (Å²) in [4.78, 5) is 8.29. The number of nitrogens with one attached hydrogen (secondary N) is 1. The number of nitrogens with zero attached hydrogens (tertiary/aromatic N) is 1. The smallest absolute Gasteiger partial charge is 0.107 e. The highest BCUT2D eigenvalue weighted by atomic mass is 14.9. The summed E-state index contributed by atoms with van der Waals surface area (Å²) in [5.74, 6) is 2.11. The van der Waals surface area contributed by atoms with E-state index in [4.69, 9.17) is 4.98 Å². The summed E-state index contributed by atoms with van der Waals surface area (Å²) in [7, 11) is 0. The highest BCUT2D eigenvalue weighted by molar-refractivity contribution is 5.79. The van der Waals surface area contributed by atoms with Crippen LogP contribution in [-0.2, 0) is 6.42 Å². The zero-order valence-electron chi connectivity index (χ0n) is 12.1. The predicted octanol–water partition coefficient (Wildman–Crippen LogP) is 4.69. The number of aromatic amines is 1. The van der Waals surface area contributed by atoms with Crippen molar-refractivity contribution in [2.45, 2.75) is 58.8 Å². The van der Waals surface area contributed by atoms with Gasteiger partial charge in [-0.3, -0.25) is 0 Å². The van der Waals surface area contributed by atoms with Crippen LogP contribution in [0.1, 0.15) is 55.5 Å². The number of benzene rings is 1. The van der Waals surface area contributed by atoms with Crippen LogP contribution in [0.3, 0.4) is 0 Å². The van der Waals surface area contributed by atoms with Crippen molar-refractivity contribution in [1.29, 1.82) is 0 Å². The molecule has 0 unspecified atom stereocenters. The maximum Gasteiger partial charge on any atom is 0.107 e. The molecule has 0 amide bonds. The number of H-pyrrole nitrogens is 1. The fraction of sp³-hybridized carbons (Fsp3) is 0.588. The monoisotopic (exact) mass is 256 g/mol. The first-order chi connectivity index (χ1) is 9.22. The Labute approximate surface area is 115 Å². The third kappa shape index (κ3) is 2.83. The average Bonchev–Trinajstić information content (AvgIpc) is 2.81. The first-order valence-corrected chi connectivity index (χ1v) is 7.68. The summed E-state index contributed by atoms with van der Waals surface area (Å²) in [6.45, 7) is 4.30. The second-order valence-electron chi connectivity index (χ2n) is 6.20. The maximum absolute atomic E-state index is 4.78. The molecule has 1 heterocycles. The number of hydrogen-bond acceptors (Lipinski definition) is 1. The van der Waals surface area contributed by atoms with Crippen LogP contribution in [0.25, 0.3) is 11.0 Å². The molecule has 2 nitrogen and oxygen atoms in total. The molecule has 0 spiro atoms. The normalized spacial score (nSPS) is 17.2. The number of fused-ring (bicyclic) bond motifs is 1. The minimum atomic E-state index is 0.935. The zero-order chi connectivity index (χ0) is 13.2. The second kappa shape index (κ2) is 5.36. The SMILES string of the molecule is Cc1cc(C)c2nc(CCC3CCCCC3)[nH]c2c1. The molecule has 0 bridgehead atoms. The Morgan fingerprint density at radius 1 is 1.16 bits per heavy atom. The first-order valence-electron chi connectivity index (χ1n) is 7.68. The standard InChI is InChI=1S/C17H24N2/c1-12-10-13(2)17-15(11-12)18-16(19-17)9-8-14-6-4-3-5-7-14/h10-11,14H,3-9H2,1-2H3,(H,18,19). The Balaban J connectivity index is 1.72.